The molecule has 0 radical (unpaired) electrons. The molecule has 12 nitrogen and oxygen atoms in total. The van der Waals surface area contributed by atoms with Crippen LogP contribution in [0.5, 0.6) is 5.75 Å². The first-order valence-electron chi connectivity index (χ1n) is 6.60. The van der Waals surface area contributed by atoms with Crippen molar-refractivity contribution in [1.82, 2.24) is 15.2 Å². The number of aromatic nitrogens is 3. The highest BCUT2D eigenvalue weighted by Gasteiger charge is 2.25. The summed E-state index contributed by atoms with van der Waals surface area (Å²) in [5.74, 6) is -0.857. The fraction of sp³-hybridized carbons (Fsp3) is 0. The maximum atomic E-state index is 11.7. The zero-order chi connectivity index (χ0) is 19.1. The van der Waals surface area contributed by atoms with E-state index in [0.717, 1.165) is 30.6 Å². The van der Waals surface area contributed by atoms with E-state index < -0.39 is 46.9 Å². The lowest BCUT2D eigenvalue weighted by atomic mass is 10.1. The first kappa shape index (κ1) is 17.9. The first-order chi connectivity index (χ1) is 12.1. The monoisotopic (exact) mass is 399 g/mol. The summed E-state index contributed by atoms with van der Waals surface area (Å²) in [6, 6.07) is 4.02. The molecule has 0 saturated heterocycles. The maximum Gasteiger partial charge on any atom is 0.295 e. The van der Waals surface area contributed by atoms with Crippen LogP contribution in [0.3, 0.4) is 0 Å². The molecule has 4 N–H and O–H groups in total. The van der Waals surface area contributed by atoms with Crippen LogP contribution >= 0.6 is 0 Å². The molecular formula is C12H9N5O7S2. The zero-order valence-corrected chi connectivity index (χ0v) is 14.1. The minimum absolute atomic E-state index is 0.0824. The highest BCUT2D eigenvalue weighted by molar-refractivity contribution is 7.86. The van der Waals surface area contributed by atoms with Crippen molar-refractivity contribution in [1.29, 1.82) is 0 Å². The van der Waals surface area contributed by atoms with Gasteiger partial charge in [0.25, 0.3) is 26.2 Å². The number of nitrogens with one attached hydrogen (secondary N) is 1. The summed E-state index contributed by atoms with van der Waals surface area (Å²) < 4.78 is 65.2. The smallest absolute Gasteiger partial charge is 0.295 e. The topological polar surface area (TPSA) is 195 Å². The van der Waals surface area contributed by atoms with Gasteiger partial charge in [-0.05, 0) is 12.1 Å². The largest absolute Gasteiger partial charge is 0.505 e. The minimum atomic E-state index is -4.83. The number of hydrogen-bond donors (Lipinski definition) is 4. The zero-order valence-electron chi connectivity index (χ0n) is 12.5. The molecule has 0 aliphatic heterocycles. The van der Waals surface area contributed by atoms with Crippen molar-refractivity contribution in [3.63, 3.8) is 0 Å². The molecule has 0 bridgehead atoms. The van der Waals surface area contributed by atoms with Crippen LogP contribution in [0.1, 0.15) is 0 Å². The highest BCUT2D eigenvalue weighted by atomic mass is 32.2. The van der Waals surface area contributed by atoms with E-state index in [9.17, 15) is 31.0 Å². The second-order valence-corrected chi connectivity index (χ2v) is 7.66. The van der Waals surface area contributed by atoms with Gasteiger partial charge in [0, 0.05) is 10.8 Å². The number of H-pyrrole nitrogens is 1. The number of rotatable bonds is 4. The lowest BCUT2D eigenvalue weighted by Gasteiger charge is -2.11. The molecule has 2 aromatic carbocycles. The van der Waals surface area contributed by atoms with Gasteiger partial charge in [-0.1, -0.05) is 12.1 Å². The van der Waals surface area contributed by atoms with E-state index in [0.29, 0.717) is 0 Å². The Kier molecular flexibility index (Phi) is 4.19. The molecule has 3 rings (SSSR count). The summed E-state index contributed by atoms with van der Waals surface area (Å²) in [5, 5.41) is 22.5. The lowest BCUT2D eigenvalue weighted by molar-refractivity contribution is 0.472. The van der Waals surface area contributed by atoms with Gasteiger partial charge in [-0.15, -0.1) is 10.2 Å². The standard InChI is InChI=1S/C12H9N5O7S2/c18-11-7(15-17-12-13-5-14-16-12)4-9(26(22,23)24)6-2-1-3-8(10(6)11)25(19,20)21/h1-5,18H,(H,13,14,16)(H,19,20,21)(H,22,23,24). The summed E-state index contributed by atoms with van der Waals surface area (Å²) in [6.07, 6.45) is 1.12. The van der Waals surface area contributed by atoms with Crippen LogP contribution in [-0.4, -0.2) is 46.2 Å². The van der Waals surface area contributed by atoms with Crippen LogP contribution in [0, 0.1) is 0 Å². The van der Waals surface area contributed by atoms with Crippen LogP contribution < -0.4 is 0 Å². The van der Waals surface area contributed by atoms with Gasteiger partial charge in [0.2, 0.25) is 0 Å². The summed E-state index contributed by atoms with van der Waals surface area (Å²) >= 11 is 0. The van der Waals surface area contributed by atoms with E-state index in [1.54, 1.807) is 0 Å². The van der Waals surface area contributed by atoms with E-state index in [1.807, 2.05) is 0 Å². The van der Waals surface area contributed by atoms with Crippen molar-refractivity contribution in [3.05, 3.63) is 30.6 Å². The second-order valence-electron chi connectivity index (χ2n) is 4.88. The fourth-order valence-corrected chi connectivity index (χ4v) is 3.66. The quantitative estimate of drug-likeness (QED) is 0.372. The van der Waals surface area contributed by atoms with Crippen molar-refractivity contribution in [3.8, 4) is 5.75 Å². The Labute approximate surface area is 145 Å². The van der Waals surface area contributed by atoms with Crippen molar-refractivity contribution in [2.45, 2.75) is 9.79 Å². The molecule has 0 saturated carbocycles. The van der Waals surface area contributed by atoms with Crippen molar-refractivity contribution in [2.75, 3.05) is 0 Å². The van der Waals surface area contributed by atoms with E-state index in [2.05, 4.69) is 25.4 Å². The van der Waals surface area contributed by atoms with Crippen LogP contribution in [0.4, 0.5) is 11.6 Å². The number of hydrogen-bond acceptors (Lipinski definition) is 9. The molecule has 0 aliphatic rings. The normalized spacial score (nSPS) is 12.8. The molecule has 0 fully saturated rings. The van der Waals surface area contributed by atoms with E-state index >= 15 is 0 Å². The number of aromatic hydroxyl groups is 1. The third-order valence-electron chi connectivity index (χ3n) is 3.25. The molecule has 14 heteroatoms. The van der Waals surface area contributed by atoms with Gasteiger partial charge in [-0.25, -0.2) is 5.10 Å². The molecule has 0 atom stereocenters. The Morgan fingerprint density at radius 3 is 2.27 bits per heavy atom. The number of benzene rings is 2. The van der Waals surface area contributed by atoms with Gasteiger partial charge in [-0.3, -0.25) is 9.11 Å². The summed E-state index contributed by atoms with van der Waals surface area (Å²) in [6.45, 7) is 0. The lowest BCUT2D eigenvalue weighted by Crippen LogP contribution is -2.03. The van der Waals surface area contributed by atoms with Gasteiger partial charge >= 0.3 is 0 Å². The Balaban J connectivity index is 2.42. The van der Waals surface area contributed by atoms with Crippen LogP contribution in [-0.2, 0) is 20.2 Å². The van der Waals surface area contributed by atoms with Crippen molar-refractivity contribution >= 4 is 42.6 Å². The minimum Gasteiger partial charge on any atom is -0.505 e. The number of aromatic amines is 1. The SMILES string of the molecule is O=S(=O)(O)c1cc(N=Nc2ncn[nH]2)c(O)c2c(S(=O)(=O)O)cccc12. The van der Waals surface area contributed by atoms with E-state index in [4.69, 9.17) is 0 Å². The van der Waals surface area contributed by atoms with E-state index in [-0.39, 0.29) is 11.3 Å². The molecule has 0 aliphatic carbocycles. The molecule has 1 heterocycles. The molecule has 26 heavy (non-hydrogen) atoms. The van der Waals surface area contributed by atoms with Crippen molar-refractivity contribution < 1.29 is 31.0 Å². The maximum absolute atomic E-state index is 11.7. The average molecular weight is 399 g/mol. The Bertz CT molecular complexity index is 1230. The number of fused-ring (bicyclic) bond motifs is 1. The van der Waals surface area contributed by atoms with E-state index in [1.165, 1.54) is 0 Å². The Morgan fingerprint density at radius 1 is 1.00 bits per heavy atom. The second kappa shape index (κ2) is 6.10. The van der Waals surface area contributed by atoms with Gasteiger partial charge in [0.1, 0.15) is 21.8 Å². The molecule has 136 valence electrons. The summed E-state index contributed by atoms with van der Waals surface area (Å²) in [4.78, 5) is 2.14. The van der Waals surface area contributed by atoms with Crippen LogP contribution in [0.2, 0.25) is 0 Å². The number of phenolic OH excluding ortho intramolecular Hbond substituents is 1. The molecule has 0 spiro atoms. The third kappa shape index (κ3) is 3.25. The number of nitrogens with zero attached hydrogens (tertiary/aromatic N) is 4. The predicted octanol–water partition coefficient (Wildman–Crippen LogP) is 1.57. The average Bonchev–Trinajstić information content (AvgIpc) is 3.05. The van der Waals surface area contributed by atoms with Crippen LogP contribution in [0.15, 0.2) is 50.6 Å². The van der Waals surface area contributed by atoms with Gasteiger partial charge in [0.15, 0.2) is 5.75 Å². The Hall–Kier alpha value is -2.94. The predicted molar refractivity (Wildman–Crippen MR) is 85.8 cm³/mol. The molecule has 1 aromatic heterocycles. The highest BCUT2D eigenvalue weighted by Crippen LogP contribution is 2.42. The van der Waals surface area contributed by atoms with Gasteiger partial charge in [0.05, 0.1) is 0 Å². The molecule has 0 amide bonds. The summed E-state index contributed by atoms with van der Waals surface area (Å²) in [7, 11) is -9.65. The third-order valence-corrected chi connectivity index (χ3v) is 5.04. The molecule has 3 aromatic rings. The molecular weight excluding hydrogens is 390 g/mol. The molecule has 0 unspecified atom stereocenters. The first-order valence-corrected chi connectivity index (χ1v) is 9.48. The Morgan fingerprint density at radius 2 is 1.69 bits per heavy atom. The number of azo groups is 1. The van der Waals surface area contributed by atoms with Gasteiger partial charge in [-0.2, -0.15) is 26.9 Å². The number of phenols is 1. The van der Waals surface area contributed by atoms with Crippen LogP contribution in [0.25, 0.3) is 10.8 Å². The van der Waals surface area contributed by atoms with Crippen molar-refractivity contribution in [2.24, 2.45) is 10.2 Å². The summed E-state index contributed by atoms with van der Waals surface area (Å²) in [5.41, 5.74) is -0.488. The van der Waals surface area contributed by atoms with Gasteiger partial charge < -0.3 is 5.11 Å². The fourth-order valence-electron chi connectivity index (χ4n) is 2.23.